The molecular weight excluding hydrogens is 305 g/mol. The van der Waals surface area contributed by atoms with Crippen molar-refractivity contribution in [3.8, 4) is 5.75 Å². The fraction of sp³-hybridized carbons (Fsp3) is 0.417. The Morgan fingerprint density at radius 2 is 2.18 bits per heavy atom. The standard InChI is InChI=1S/C12H15BrClNO2/c1-12(2,6-13)7-15-11(17)8-3-4-10(16)9(14)5-8/h3-5,16H,6-7H2,1-2H3,(H,15,17). The third-order valence-corrected chi connectivity index (χ3v) is 4.12. The molecule has 0 heterocycles. The summed E-state index contributed by atoms with van der Waals surface area (Å²) in [4.78, 5) is 11.8. The summed E-state index contributed by atoms with van der Waals surface area (Å²) >= 11 is 9.13. The molecule has 1 amide bonds. The van der Waals surface area contributed by atoms with E-state index in [1.807, 2.05) is 13.8 Å². The van der Waals surface area contributed by atoms with Gasteiger partial charge in [0.2, 0.25) is 0 Å². The topological polar surface area (TPSA) is 49.3 Å². The number of hydrogen-bond acceptors (Lipinski definition) is 2. The average Bonchev–Trinajstić information content (AvgIpc) is 2.30. The second-order valence-electron chi connectivity index (χ2n) is 4.65. The SMILES string of the molecule is CC(C)(CBr)CNC(=O)c1ccc(O)c(Cl)c1. The van der Waals surface area contributed by atoms with Gasteiger partial charge in [-0.05, 0) is 23.6 Å². The number of carbonyl (C=O) groups excluding carboxylic acids is 1. The monoisotopic (exact) mass is 319 g/mol. The van der Waals surface area contributed by atoms with Crippen LogP contribution in [0, 0.1) is 5.41 Å². The summed E-state index contributed by atoms with van der Waals surface area (Å²) in [6.45, 7) is 4.66. The molecule has 0 atom stereocenters. The Kier molecular flexibility index (Phi) is 4.83. The fourth-order valence-corrected chi connectivity index (χ4v) is 1.50. The van der Waals surface area contributed by atoms with Crippen LogP contribution in [0.25, 0.3) is 0 Å². The summed E-state index contributed by atoms with van der Waals surface area (Å²) in [5.74, 6) is -0.218. The second-order valence-corrected chi connectivity index (χ2v) is 5.61. The maximum atomic E-state index is 11.8. The van der Waals surface area contributed by atoms with Gasteiger partial charge in [0, 0.05) is 17.4 Å². The molecule has 0 aliphatic rings. The van der Waals surface area contributed by atoms with E-state index in [1.54, 1.807) is 0 Å². The Balaban J connectivity index is 2.68. The van der Waals surface area contributed by atoms with Crippen molar-refractivity contribution in [2.75, 3.05) is 11.9 Å². The van der Waals surface area contributed by atoms with E-state index in [0.717, 1.165) is 5.33 Å². The second kappa shape index (κ2) is 5.74. The lowest BCUT2D eigenvalue weighted by molar-refractivity contribution is 0.0940. The van der Waals surface area contributed by atoms with Gasteiger partial charge in [-0.15, -0.1) is 0 Å². The lowest BCUT2D eigenvalue weighted by atomic mass is 9.97. The molecule has 1 aromatic carbocycles. The number of hydrogen-bond donors (Lipinski definition) is 2. The van der Waals surface area contributed by atoms with E-state index in [0.29, 0.717) is 12.1 Å². The van der Waals surface area contributed by atoms with E-state index in [1.165, 1.54) is 18.2 Å². The van der Waals surface area contributed by atoms with Crippen LogP contribution >= 0.6 is 27.5 Å². The molecule has 1 aromatic rings. The van der Waals surface area contributed by atoms with E-state index in [2.05, 4.69) is 21.2 Å². The van der Waals surface area contributed by atoms with Crippen LogP contribution in [-0.2, 0) is 0 Å². The molecule has 0 saturated carbocycles. The molecule has 3 nitrogen and oxygen atoms in total. The molecule has 1 rings (SSSR count). The van der Waals surface area contributed by atoms with Crippen molar-refractivity contribution in [2.24, 2.45) is 5.41 Å². The maximum absolute atomic E-state index is 11.8. The molecule has 5 heteroatoms. The number of alkyl halides is 1. The smallest absolute Gasteiger partial charge is 0.251 e. The number of benzene rings is 1. The Labute approximate surface area is 114 Å². The van der Waals surface area contributed by atoms with Gasteiger partial charge in [0.25, 0.3) is 5.91 Å². The molecule has 94 valence electrons. The van der Waals surface area contributed by atoms with Crippen LogP contribution < -0.4 is 5.32 Å². The Hall–Kier alpha value is -0.740. The zero-order valence-corrected chi connectivity index (χ0v) is 12.1. The van der Waals surface area contributed by atoms with Crippen LogP contribution in [0.5, 0.6) is 5.75 Å². The van der Waals surface area contributed by atoms with E-state index in [9.17, 15) is 9.90 Å². The first-order valence-electron chi connectivity index (χ1n) is 5.18. The third-order valence-electron chi connectivity index (χ3n) is 2.30. The van der Waals surface area contributed by atoms with Crippen molar-refractivity contribution in [3.63, 3.8) is 0 Å². The number of halogens is 2. The first kappa shape index (κ1) is 14.3. The Bertz CT molecular complexity index is 421. The highest BCUT2D eigenvalue weighted by Gasteiger charge is 2.17. The van der Waals surface area contributed by atoms with Crippen LogP contribution in [0.3, 0.4) is 0 Å². The zero-order valence-electron chi connectivity index (χ0n) is 9.76. The molecule has 0 bridgehead atoms. The van der Waals surface area contributed by atoms with Gasteiger partial charge in [-0.25, -0.2) is 0 Å². The van der Waals surface area contributed by atoms with Gasteiger partial charge in [-0.3, -0.25) is 4.79 Å². The van der Waals surface area contributed by atoms with Crippen LogP contribution in [-0.4, -0.2) is 22.9 Å². The number of phenolic OH excluding ortho intramolecular Hbond substituents is 1. The normalized spacial score (nSPS) is 11.3. The highest BCUT2D eigenvalue weighted by Crippen LogP contribution is 2.23. The van der Waals surface area contributed by atoms with E-state index < -0.39 is 0 Å². The minimum Gasteiger partial charge on any atom is -0.506 e. The van der Waals surface area contributed by atoms with Crippen LogP contribution in [0.1, 0.15) is 24.2 Å². The van der Waals surface area contributed by atoms with Crippen molar-refractivity contribution in [2.45, 2.75) is 13.8 Å². The van der Waals surface area contributed by atoms with Crippen molar-refractivity contribution in [1.29, 1.82) is 0 Å². The Morgan fingerprint density at radius 3 is 2.71 bits per heavy atom. The van der Waals surface area contributed by atoms with E-state index in [4.69, 9.17) is 11.6 Å². The highest BCUT2D eigenvalue weighted by molar-refractivity contribution is 9.09. The first-order valence-corrected chi connectivity index (χ1v) is 6.68. The minimum absolute atomic E-state index is 0.00360. The number of nitrogens with one attached hydrogen (secondary N) is 1. The largest absolute Gasteiger partial charge is 0.506 e. The van der Waals surface area contributed by atoms with Crippen molar-refractivity contribution >= 4 is 33.4 Å². The van der Waals surface area contributed by atoms with E-state index in [-0.39, 0.29) is 22.1 Å². The quantitative estimate of drug-likeness (QED) is 0.837. The average molecular weight is 321 g/mol. The van der Waals surface area contributed by atoms with Gasteiger partial charge < -0.3 is 10.4 Å². The van der Waals surface area contributed by atoms with Crippen LogP contribution in [0.15, 0.2) is 18.2 Å². The summed E-state index contributed by atoms with van der Waals surface area (Å²) in [6.07, 6.45) is 0. The van der Waals surface area contributed by atoms with Gasteiger partial charge in [0.1, 0.15) is 5.75 Å². The lowest BCUT2D eigenvalue weighted by Crippen LogP contribution is -2.34. The zero-order chi connectivity index (χ0) is 13.1. The molecule has 0 saturated heterocycles. The van der Waals surface area contributed by atoms with Crippen LogP contribution in [0.2, 0.25) is 5.02 Å². The maximum Gasteiger partial charge on any atom is 0.251 e. The number of amides is 1. The molecule has 0 aliphatic heterocycles. The molecule has 0 unspecified atom stereocenters. The molecule has 0 spiro atoms. The number of carbonyl (C=O) groups is 1. The fourth-order valence-electron chi connectivity index (χ4n) is 1.12. The molecule has 2 N–H and O–H groups in total. The summed E-state index contributed by atoms with van der Waals surface area (Å²) in [7, 11) is 0. The first-order chi connectivity index (χ1) is 7.85. The van der Waals surface area contributed by atoms with E-state index >= 15 is 0 Å². The minimum atomic E-state index is -0.194. The molecular formula is C12H15BrClNO2. The molecule has 17 heavy (non-hydrogen) atoms. The lowest BCUT2D eigenvalue weighted by Gasteiger charge is -2.21. The van der Waals surface area contributed by atoms with Gasteiger partial charge in [0.05, 0.1) is 5.02 Å². The van der Waals surface area contributed by atoms with Crippen molar-refractivity contribution in [3.05, 3.63) is 28.8 Å². The molecule has 0 aromatic heterocycles. The predicted octanol–water partition coefficient (Wildman–Crippen LogP) is 3.20. The molecule has 0 radical (unpaired) electrons. The predicted molar refractivity (Wildman–Crippen MR) is 73.0 cm³/mol. The van der Waals surface area contributed by atoms with Crippen molar-refractivity contribution < 1.29 is 9.90 Å². The van der Waals surface area contributed by atoms with Gasteiger partial charge in [-0.2, -0.15) is 0 Å². The van der Waals surface area contributed by atoms with Gasteiger partial charge in [0.15, 0.2) is 0 Å². The summed E-state index contributed by atoms with van der Waals surface area (Å²) in [5, 5.41) is 13.1. The molecule has 0 aliphatic carbocycles. The number of phenols is 1. The summed E-state index contributed by atoms with van der Waals surface area (Å²) in [6, 6.07) is 4.40. The van der Waals surface area contributed by atoms with Crippen LogP contribution in [0.4, 0.5) is 0 Å². The summed E-state index contributed by atoms with van der Waals surface area (Å²) < 4.78 is 0. The van der Waals surface area contributed by atoms with Gasteiger partial charge in [-0.1, -0.05) is 41.4 Å². The van der Waals surface area contributed by atoms with Crippen molar-refractivity contribution in [1.82, 2.24) is 5.32 Å². The Morgan fingerprint density at radius 1 is 1.53 bits per heavy atom. The number of rotatable bonds is 4. The third kappa shape index (κ3) is 4.21. The number of aromatic hydroxyl groups is 1. The van der Waals surface area contributed by atoms with Gasteiger partial charge >= 0.3 is 0 Å². The summed E-state index contributed by atoms with van der Waals surface area (Å²) in [5.41, 5.74) is 0.439. The molecule has 0 fully saturated rings. The highest BCUT2D eigenvalue weighted by atomic mass is 79.9.